The molecule has 0 spiro atoms. The lowest BCUT2D eigenvalue weighted by molar-refractivity contribution is -0.134. The highest BCUT2D eigenvalue weighted by Crippen LogP contribution is 2.10. The van der Waals surface area contributed by atoms with Crippen LogP contribution in [-0.2, 0) is 9.53 Å². The zero-order chi connectivity index (χ0) is 15.1. The van der Waals surface area contributed by atoms with Gasteiger partial charge in [-0.05, 0) is 35.9 Å². The highest BCUT2D eigenvalue weighted by Gasteiger charge is 2.05. The summed E-state index contributed by atoms with van der Waals surface area (Å²) in [6, 6.07) is 10.3. The molecule has 1 aromatic heterocycles. The Bertz CT molecular complexity index is 649. The normalized spacial score (nSPS) is 10.3. The van der Waals surface area contributed by atoms with Gasteiger partial charge in [0.1, 0.15) is 0 Å². The number of anilines is 1. The minimum atomic E-state index is -0.422. The minimum absolute atomic E-state index is 0.204. The van der Waals surface area contributed by atoms with Crippen molar-refractivity contribution in [3.63, 3.8) is 0 Å². The lowest BCUT2D eigenvalue weighted by Gasteiger charge is -2.04. The van der Waals surface area contributed by atoms with Crippen molar-refractivity contribution in [1.29, 1.82) is 0 Å². The Labute approximate surface area is 122 Å². The SMILES string of the molecule is COC(=O)C=Cc1ccc(C(=O)Nc2ccncc2)cc1. The molecule has 0 saturated heterocycles. The summed E-state index contributed by atoms with van der Waals surface area (Å²) in [6.45, 7) is 0. The predicted octanol–water partition coefficient (Wildman–Crippen LogP) is 2.52. The lowest BCUT2D eigenvalue weighted by atomic mass is 10.1. The molecule has 0 fully saturated rings. The van der Waals surface area contributed by atoms with Gasteiger partial charge in [0.05, 0.1) is 7.11 Å². The second-order valence-corrected chi connectivity index (χ2v) is 4.17. The van der Waals surface area contributed by atoms with E-state index in [9.17, 15) is 9.59 Å². The Morgan fingerprint density at radius 1 is 1.10 bits per heavy atom. The topological polar surface area (TPSA) is 68.3 Å². The molecule has 0 bridgehead atoms. The van der Waals surface area contributed by atoms with Gasteiger partial charge in [0, 0.05) is 29.7 Å². The van der Waals surface area contributed by atoms with E-state index in [-0.39, 0.29) is 5.91 Å². The Hall–Kier alpha value is -2.95. The number of amides is 1. The quantitative estimate of drug-likeness (QED) is 0.691. The van der Waals surface area contributed by atoms with Gasteiger partial charge < -0.3 is 10.1 Å². The average Bonchev–Trinajstić information content (AvgIpc) is 2.54. The van der Waals surface area contributed by atoms with Crippen LogP contribution in [0.15, 0.2) is 54.9 Å². The van der Waals surface area contributed by atoms with Gasteiger partial charge in [0.15, 0.2) is 0 Å². The summed E-state index contributed by atoms with van der Waals surface area (Å²) in [6.07, 6.45) is 6.16. The van der Waals surface area contributed by atoms with Crippen molar-refractivity contribution in [2.24, 2.45) is 0 Å². The Kier molecular flexibility index (Phi) is 4.82. The molecule has 0 unspecified atom stereocenters. The minimum Gasteiger partial charge on any atom is -0.466 e. The van der Waals surface area contributed by atoms with E-state index in [1.807, 2.05) is 0 Å². The summed E-state index contributed by atoms with van der Waals surface area (Å²) in [5, 5.41) is 2.77. The monoisotopic (exact) mass is 282 g/mol. The molecule has 1 aromatic carbocycles. The van der Waals surface area contributed by atoms with E-state index in [4.69, 9.17) is 0 Å². The van der Waals surface area contributed by atoms with E-state index >= 15 is 0 Å². The lowest BCUT2D eigenvalue weighted by Crippen LogP contribution is -2.11. The first-order valence-corrected chi connectivity index (χ1v) is 6.26. The number of carbonyl (C=O) groups is 2. The maximum atomic E-state index is 12.0. The zero-order valence-corrected chi connectivity index (χ0v) is 11.4. The van der Waals surface area contributed by atoms with Crippen molar-refractivity contribution in [3.8, 4) is 0 Å². The molecule has 1 N–H and O–H groups in total. The number of pyridine rings is 1. The van der Waals surface area contributed by atoms with Gasteiger partial charge in [-0.15, -0.1) is 0 Å². The van der Waals surface area contributed by atoms with E-state index in [0.29, 0.717) is 11.3 Å². The fourth-order valence-electron chi connectivity index (χ4n) is 1.62. The fourth-order valence-corrected chi connectivity index (χ4v) is 1.62. The second-order valence-electron chi connectivity index (χ2n) is 4.17. The largest absolute Gasteiger partial charge is 0.466 e. The van der Waals surface area contributed by atoms with E-state index < -0.39 is 5.97 Å². The number of hydrogen-bond acceptors (Lipinski definition) is 4. The third kappa shape index (κ3) is 4.28. The molecule has 0 aliphatic carbocycles. The van der Waals surface area contributed by atoms with Crippen LogP contribution in [0.5, 0.6) is 0 Å². The molecule has 1 amide bonds. The standard InChI is InChI=1S/C16H14N2O3/c1-21-15(19)7-4-12-2-5-13(6-3-12)16(20)18-14-8-10-17-11-9-14/h2-11H,1H3,(H,17,18,20). The summed E-state index contributed by atoms with van der Waals surface area (Å²) in [4.78, 5) is 26.9. The predicted molar refractivity (Wildman–Crippen MR) is 79.7 cm³/mol. The molecule has 0 aliphatic rings. The van der Waals surface area contributed by atoms with Gasteiger partial charge in [-0.2, -0.15) is 0 Å². The molecule has 2 aromatic rings. The number of aromatic nitrogens is 1. The van der Waals surface area contributed by atoms with Crippen LogP contribution in [0.2, 0.25) is 0 Å². The first-order chi connectivity index (χ1) is 10.2. The summed E-state index contributed by atoms with van der Waals surface area (Å²) < 4.78 is 4.51. The van der Waals surface area contributed by atoms with Gasteiger partial charge in [-0.3, -0.25) is 9.78 Å². The van der Waals surface area contributed by atoms with Gasteiger partial charge in [0.25, 0.3) is 5.91 Å². The van der Waals surface area contributed by atoms with E-state index in [0.717, 1.165) is 5.56 Å². The van der Waals surface area contributed by atoms with Crippen molar-refractivity contribution in [2.75, 3.05) is 12.4 Å². The molecule has 106 valence electrons. The molecule has 0 aliphatic heterocycles. The third-order valence-corrected chi connectivity index (χ3v) is 2.72. The highest BCUT2D eigenvalue weighted by atomic mass is 16.5. The van der Waals surface area contributed by atoms with Crippen LogP contribution in [-0.4, -0.2) is 24.0 Å². The van der Waals surface area contributed by atoms with Crippen molar-refractivity contribution < 1.29 is 14.3 Å². The number of esters is 1. The van der Waals surface area contributed by atoms with Crippen LogP contribution in [0.25, 0.3) is 6.08 Å². The number of benzene rings is 1. The van der Waals surface area contributed by atoms with E-state index in [2.05, 4.69) is 15.0 Å². The molecule has 0 radical (unpaired) electrons. The van der Waals surface area contributed by atoms with Crippen LogP contribution in [0.4, 0.5) is 5.69 Å². The van der Waals surface area contributed by atoms with Crippen molar-refractivity contribution in [3.05, 3.63) is 66.0 Å². The zero-order valence-electron chi connectivity index (χ0n) is 11.4. The summed E-state index contributed by atoms with van der Waals surface area (Å²) in [5.41, 5.74) is 2.02. The Morgan fingerprint density at radius 3 is 2.38 bits per heavy atom. The first-order valence-electron chi connectivity index (χ1n) is 6.26. The Morgan fingerprint density at radius 2 is 1.76 bits per heavy atom. The molecule has 21 heavy (non-hydrogen) atoms. The maximum Gasteiger partial charge on any atom is 0.330 e. The summed E-state index contributed by atoms with van der Waals surface area (Å²) in [7, 11) is 1.32. The molecule has 0 saturated carbocycles. The van der Waals surface area contributed by atoms with Crippen molar-refractivity contribution in [1.82, 2.24) is 4.98 Å². The van der Waals surface area contributed by atoms with Gasteiger partial charge in [-0.1, -0.05) is 12.1 Å². The molecule has 1 heterocycles. The van der Waals surface area contributed by atoms with Crippen molar-refractivity contribution >= 4 is 23.6 Å². The van der Waals surface area contributed by atoms with Gasteiger partial charge in [0.2, 0.25) is 0 Å². The van der Waals surface area contributed by atoms with Crippen molar-refractivity contribution in [2.45, 2.75) is 0 Å². The van der Waals surface area contributed by atoms with Crippen LogP contribution >= 0.6 is 0 Å². The highest BCUT2D eigenvalue weighted by molar-refractivity contribution is 6.04. The van der Waals surface area contributed by atoms with E-state index in [1.54, 1.807) is 54.9 Å². The molecular formula is C16H14N2O3. The molecule has 2 rings (SSSR count). The maximum absolute atomic E-state index is 12.0. The van der Waals surface area contributed by atoms with Crippen LogP contribution in [0, 0.1) is 0 Å². The van der Waals surface area contributed by atoms with Crippen LogP contribution in [0.3, 0.4) is 0 Å². The number of carbonyl (C=O) groups excluding carboxylic acids is 2. The van der Waals surface area contributed by atoms with E-state index in [1.165, 1.54) is 13.2 Å². The third-order valence-electron chi connectivity index (χ3n) is 2.72. The van der Waals surface area contributed by atoms with Gasteiger partial charge >= 0.3 is 5.97 Å². The molecule has 0 atom stereocenters. The average molecular weight is 282 g/mol. The molecular weight excluding hydrogens is 268 g/mol. The number of rotatable bonds is 4. The Balaban J connectivity index is 2.03. The number of ether oxygens (including phenoxy) is 1. The second kappa shape index (κ2) is 7.00. The summed E-state index contributed by atoms with van der Waals surface area (Å²) >= 11 is 0. The number of nitrogens with one attached hydrogen (secondary N) is 1. The molecule has 5 nitrogen and oxygen atoms in total. The smallest absolute Gasteiger partial charge is 0.330 e. The van der Waals surface area contributed by atoms with Gasteiger partial charge in [-0.25, -0.2) is 4.79 Å². The summed E-state index contributed by atoms with van der Waals surface area (Å²) in [5.74, 6) is -0.626. The van der Waals surface area contributed by atoms with Crippen LogP contribution < -0.4 is 5.32 Å². The van der Waals surface area contributed by atoms with Crippen LogP contribution in [0.1, 0.15) is 15.9 Å². The number of hydrogen-bond donors (Lipinski definition) is 1. The number of methoxy groups -OCH3 is 1. The first kappa shape index (κ1) is 14.5. The number of nitrogens with zero attached hydrogens (tertiary/aromatic N) is 1. The fraction of sp³-hybridized carbons (Fsp3) is 0.0625. The molecule has 5 heteroatoms.